The molecule has 0 unspecified atom stereocenters. The van der Waals surface area contributed by atoms with Gasteiger partial charge in [0.1, 0.15) is 0 Å². The van der Waals surface area contributed by atoms with Crippen molar-refractivity contribution in [2.75, 3.05) is 0 Å². The molecule has 4 nitrogen and oxygen atoms in total. The van der Waals surface area contributed by atoms with Gasteiger partial charge in [0.2, 0.25) is 0 Å². The molecule has 0 aliphatic heterocycles. The van der Waals surface area contributed by atoms with Gasteiger partial charge in [0.15, 0.2) is 0 Å². The third-order valence-corrected chi connectivity index (χ3v) is 16.4. The minimum absolute atomic E-state index is 0.544. The second-order valence-electron chi connectivity index (χ2n) is 15.4. The Kier molecular flexibility index (Phi) is 11.7. The fourth-order valence-corrected chi connectivity index (χ4v) is 15.3. The Labute approximate surface area is 254 Å². The van der Waals surface area contributed by atoms with E-state index in [0.29, 0.717) is 36.3 Å². The zero-order valence-electron chi connectivity index (χ0n) is 26.9. The highest BCUT2D eigenvalue weighted by molar-refractivity contribution is 7.56. The number of nitrogens with zero attached hydrogens (tertiary/aromatic N) is 3. The van der Waals surface area contributed by atoms with Crippen LogP contribution in [0.25, 0.3) is 0 Å². The minimum Gasteiger partial charge on any atom is -0.270 e. The molecule has 0 aromatic rings. The maximum Gasteiger partial charge on any atom is 0.288 e. The molecule has 0 amide bonds. The van der Waals surface area contributed by atoms with Crippen molar-refractivity contribution in [2.45, 2.75) is 229 Å². The van der Waals surface area contributed by atoms with Crippen molar-refractivity contribution in [1.82, 2.24) is 14.0 Å². The SMILES string of the molecule is O=P(N(C1CCCCC1)C1CCCCC1)(N(C1CCCCC1)C1CCCCC1)N(C1CCCCC1)C1CCCCC1. The van der Waals surface area contributed by atoms with E-state index in [2.05, 4.69) is 14.0 Å². The summed E-state index contributed by atoms with van der Waals surface area (Å²) in [5, 5.41) is 0. The molecular formula is C36H66N3OP. The van der Waals surface area contributed by atoms with Gasteiger partial charge in [-0.3, -0.25) is 4.57 Å². The van der Waals surface area contributed by atoms with Crippen LogP contribution in [0.2, 0.25) is 0 Å². The first kappa shape index (κ1) is 31.1. The molecule has 0 aromatic carbocycles. The quantitative estimate of drug-likeness (QED) is 0.251. The van der Waals surface area contributed by atoms with Crippen LogP contribution in [0.1, 0.15) is 193 Å². The van der Waals surface area contributed by atoms with Gasteiger partial charge in [-0.2, -0.15) is 0 Å². The van der Waals surface area contributed by atoms with E-state index in [4.69, 9.17) is 0 Å². The second-order valence-corrected chi connectivity index (χ2v) is 17.8. The molecule has 6 aliphatic rings. The van der Waals surface area contributed by atoms with Crippen LogP contribution in [0.3, 0.4) is 0 Å². The van der Waals surface area contributed by atoms with Crippen LogP contribution >= 0.6 is 7.59 Å². The van der Waals surface area contributed by atoms with E-state index in [1.807, 2.05) is 0 Å². The van der Waals surface area contributed by atoms with E-state index in [1.54, 1.807) is 0 Å². The molecule has 0 N–H and O–H groups in total. The number of rotatable bonds is 9. The molecule has 0 heterocycles. The molecule has 236 valence electrons. The normalized spacial score (nSPS) is 28.7. The average molecular weight is 588 g/mol. The average Bonchev–Trinajstić information content (AvgIpc) is 3.04. The lowest BCUT2D eigenvalue weighted by Crippen LogP contribution is -2.59. The van der Waals surface area contributed by atoms with Crippen LogP contribution < -0.4 is 0 Å². The largest absolute Gasteiger partial charge is 0.288 e. The Morgan fingerprint density at radius 1 is 0.268 bits per heavy atom. The lowest BCUT2D eigenvalue weighted by atomic mass is 9.90. The molecule has 0 atom stereocenters. The maximum absolute atomic E-state index is 17.5. The summed E-state index contributed by atoms with van der Waals surface area (Å²) in [4.78, 5) is 0. The summed E-state index contributed by atoms with van der Waals surface area (Å²) >= 11 is 0. The fraction of sp³-hybridized carbons (Fsp3) is 1.00. The Morgan fingerprint density at radius 3 is 0.561 bits per heavy atom. The summed E-state index contributed by atoms with van der Waals surface area (Å²) in [5.41, 5.74) is 0. The van der Waals surface area contributed by atoms with Crippen molar-refractivity contribution in [2.24, 2.45) is 0 Å². The molecule has 6 fully saturated rings. The molecular weight excluding hydrogens is 521 g/mol. The van der Waals surface area contributed by atoms with Gasteiger partial charge in [0.25, 0.3) is 7.59 Å². The minimum atomic E-state index is -2.96. The molecule has 0 saturated heterocycles. The van der Waals surface area contributed by atoms with E-state index in [0.717, 1.165) is 0 Å². The molecule has 0 spiro atoms. The number of hydrogen-bond donors (Lipinski definition) is 0. The van der Waals surface area contributed by atoms with Gasteiger partial charge in [0, 0.05) is 36.3 Å². The van der Waals surface area contributed by atoms with Crippen molar-refractivity contribution >= 4 is 7.59 Å². The van der Waals surface area contributed by atoms with E-state index in [-0.39, 0.29) is 0 Å². The summed E-state index contributed by atoms with van der Waals surface area (Å²) < 4.78 is 26.3. The Morgan fingerprint density at radius 2 is 0.415 bits per heavy atom. The fourth-order valence-electron chi connectivity index (χ4n) is 10.6. The smallest absolute Gasteiger partial charge is 0.270 e. The van der Waals surface area contributed by atoms with E-state index in [1.165, 1.54) is 193 Å². The lowest BCUT2D eigenvalue weighted by molar-refractivity contribution is 0.0675. The Balaban J connectivity index is 1.51. The standard InChI is InChI=1S/C36H66N3OP/c40-41(37(31-19-7-1-8-20-31)32-21-9-2-10-22-32,38(33-23-11-3-12-24-33)34-25-13-4-14-26-34)39(35-27-15-5-16-28-35)36-29-17-6-18-30-36/h31-36H,1-30H2. The second kappa shape index (κ2) is 15.4. The molecule has 41 heavy (non-hydrogen) atoms. The van der Waals surface area contributed by atoms with Crippen molar-refractivity contribution in [1.29, 1.82) is 0 Å². The zero-order valence-corrected chi connectivity index (χ0v) is 27.8. The predicted molar refractivity (Wildman–Crippen MR) is 174 cm³/mol. The van der Waals surface area contributed by atoms with Gasteiger partial charge in [-0.15, -0.1) is 0 Å². The maximum atomic E-state index is 17.5. The third-order valence-electron chi connectivity index (χ3n) is 12.6. The summed E-state index contributed by atoms with van der Waals surface area (Å²) in [6.07, 6.45) is 40.2. The van der Waals surface area contributed by atoms with Crippen LogP contribution in [0.15, 0.2) is 0 Å². The van der Waals surface area contributed by atoms with Crippen molar-refractivity contribution in [3.8, 4) is 0 Å². The molecule has 0 radical (unpaired) electrons. The Hall–Kier alpha value is 0.110. The van der Waals surface area contributed by atoms with Crippen LogP contribution in [-0.4, -0.2) is 50.3 Å². The molecule has 0 aromatic heterocycles. The predicted octanol–water partition coefficient (Wildman–Crippen LogP) is 11.0. The van der Waals surface area contributed by atoms with Crippen molar-refractivity contribution in [3.05, 3.63) is 0 Å². The molecule has 6 aliphatic carbocycles. The molecule has 6 rings (SSSR count). The van der Waals surface area contributed by atoms with E-state index in [9.17, 15) is 0 Å². The highest BCUT2D eigenvalue weighted by Gasteiger charge is 2.56. The van der Waals surface area contributed by atoms with E-state index < -0.39 is 7.59 Å². The monoisotopic (exact) mass is 587 g/mol. The zero-order chi connectivity index (χ0) is 27.9. The summed E-state index contributed by atoms with van der Waals surface area (Å²) in [5.74, 6) is 0. The van der Waals surface area contributed by atoms with Crippen LogP contribution in [0.4, 0.5) is 0 Å². The first-order chi connectivity index (χ1) is 20.3. The summed E-state index contributed by atoms with van der Waals surface area (Å²) in [6, 6.07) is 3.26. The first-order valence-corrected chi connectivity index (χ1v) is 20.8. The van der Waals surface area contributed by atoms with Crippen molar-refractivity contribution in [3.63, 3.8) is 0 Å². The Bertz CT molecular complexity index is 641. The van der Waals surface area contributed by atoms with Gasteiger partial charge in [-0.1, -0.05) is 116 Å². The van der Waals surface area contributed by atoms with Crippen LogP contribution in [0, 0.1) is 0 Å². The summed E-state index contributed by atoms with van der Waals surface area (Å²) in [6.45, 7) is 0. The van der Waals surface area contributed by atoms with Crippen LogP contribution in [-0.2, 0) is 4.57 Å². The highest BCUT2D eigenvalue weighted by Crippen LogP contribution is 2.67. The van der Waals surface area contributed by atoms with E-state index >= 15 is 4.57 Å². The van der Waals surface area contributed by atoms with Gasteiger partial charge in [-0.25, -0.2) is 14.0 Å². The molecule has 5 heteroatoms. The van der Waals surface area contributed by atoms with Gasteiger partial charge in [-0.05, 0) is 77.0 Å². The lowest BCUT2D eigenvalue weighted by Gasteiger charge is -2.59. The van der Waals surface area contributed by atoms with Gasteiger partial charge >= 0.3 is 0 Å². The van der Waals surface area contributed by atoms with Crippen LogP contribution in [0.5, 0.6) is 0 Å². The topological polar surface area (TPSA) is 26.8 Å². The highest BCUT2D eigenvalue weighted by atomic mass is 31.2. The van der Waals surface area contributed by atoms with Gasteiger partial charge < -0.3 is 0 Å². The summed E-state index contributed by atoms with van der Waals surface area (Å²) in [7, 11) is -2.96. The third kappa shape index (κ3) is 7.17. The molecule has 6 saturated carbocycles. The molecule has 0 bridgehead atoms. The number of hydrogen-bond acceptors (Lipinski definition) is 1. The first-order valence-electron chi connectivity index (χ1n) is 19.2. The van der Waals surface area contributed by atoms with Gasteiger partial charge in [0.05, 0.1) is 0 Å². The van der Waals surface area contributed by atoms with Crippen molar-refractivity contribution < 1.29 is 4.57 Å².